The minimum atomic E-state index is 0.0965. The maximum Gasteiger partial charge on any atom is 0.130 e. The molecule has 0 aliphatic rings. The average molecular weight is 265 g/mol. The summed E-state index contributed by atoms with van der Waals surface area (Å²) in [5.74, 6) is 0. The smallest absolute Gasteiger partial charge is 0.130 e. The molecule has 0 amide bonds. The Labute approximate surface area is 116 Å². The van der Waals surface area contributed by atoms with Gasteiger partial charge in [0.05, 0.1) is 0 Å². The third-order valence-electron chi connectivity index (χ3n) is 2.64. The van der Waals surface area contributed by atoms with E-state index in [9.17, 15) is 0 Å². The van der Waals surface area contributed by atoms with E-state index in [0.717, 1.165) is 16.7 Å². The number of allylic oxidation sites excluding steroid dienone is 1. The molecule has 0 aliphatic heterocycles. The lowest BCUT2D eigenvalue weighted by Gasteiger charge is -2.02. The summed E-state index contributed by atoms with van der Waals surface area (Å²) >= 11 is 5.84. The van der Waals surface area contributed by atoms with E-state index in [1.54, 1.807) is 6.08 Å². The molecule has 0 radical (unpaired) electrons. The van der Waals surface area contributed by atoms with E-state index in [4.69, 9.17) is 22.1 Å². The van der Waals surface area contributed by atoms with Gasteiger partial charge in [-0.1, -0.05) is 48.0 Å². The lowest BCUT2D eigenvalue weighted by molar-refractivity contribution is 1.47. The number of nitriles is 2. The second-order valence-corrected chi connectivity index (χ2v) is 4.35. The van der Waals surface area contributed by atoms with Crippen molar-refractivity contribution in [3.8, 4) is 23.3 Å². The van der Waals surface area contributed by atoms with E-state index < -0.39 is 0 Å². The summed E-state index contributed by atoms with van der Waals surface area (Å²) in [7, 11) is 0. The van der Waals surface area contributed by atoms with Gasteiger partial charge in [0.2, 0.25) is 0 Å². The fraction of sp³-hybridized carbons (Fsp3) is 0. The van der Waals surface area contributed by atoms with Crippen LogP contribution in [0.5, 0.6) is 0 Å². The fourth-order valence-corrected chi connectivity index (χ4v) is 1.80. The number of nitrogens with zero attached hydrogens (tertiary/aromatic N) is 2. The van der Waals surface area contributed by atoms with Gasteiger partial charge in [-0.3, -0.25) is 0 Å². The molecule has 2 rings (SSSR count). The van der Waals surface area contributed by atoms with Crippen LogP contribution in [0.1, 0.15) is 5.56 Å². The Bertz CT molecular complexity index is 668. The highest BCUT2D eigenvalue weighted by molar-refractivity contribution is 6.30. The zero-order chi connectivity index (χ0) is 13.7. The van der Waals surface area contributed by atoms with Crippen LogP contribution in [-0.4, -0.2) is 0 Å². The number of halogens is 1. The van der Waals surface area contributed by atoms with Crippen LogP contribution in [-0.2, 0) is 0 Å². The normalized spacial score (nSPS) is 9.21. The van der Waals surface area contributed by atoms with Gasteiger partial charge in [-0.05, 0) is 34.9 Å². The summed E-state index contributed by atoms with van der Waals surface area (Å²) in [6.45, 7) is 0. The molecule has 0 saturated heterocycles. The molecule has 2 aromatic carbocycles. The molecule has 0 bridgehead atoms. The third-order valence-corrected chi connectivity index (χ3v) is 2.89. The van der Waals surface area contributed by atoms with Gasteiger partial charge >= 0.3 is 0 Å². The van der Waals surface area contributed by atoms with E-state index in [1.165, 1.54) is 0 Å². The zero-order valence-corrected chi connectivity index (χ0v) is 10.7. The van der Waals surface area contributed by atoms with Gasteiger partial charge in [0.25, 0.3) is 0 Å². The fourth-order valence-electron chi connectivity index (χ4n) is 1.67. The molecule has 0 N–H and O–H groups in total. The van der Waals surface area contributed by atoms with Gasteiger partial charge in [0, 0.05) is 5.02 Å². The van der Waals surface area contributed by atoms with Crippen molar-refractivity contribution in [2.75, 3.05) is 0 Å². The minimum Gasteiger partial charge on any atom is -0.192 e. The van der Waals surface area contributed by atoms with Crippen molar-refractivity contribution in [3.63, 3.8) is 0 Å². The van der Waals surface area contributed by atoms with E-state index >= 15 is 0 Å². The van der Waals surface area contributed by atoms with Gasteiger partial charge in [-0.25, -0.2) is 0 Å². The Morgan fingerprint density at radius 1 is 0.842 bits per heavy atom. The molecular weight excluding hydrogens is 256 g/mol. The predicted octanol–water partition coefficient (Wildman–Crippen LogP) is 4.44. The van der Waals surface area contributed by atoms with Crippen LogP contribution in [0.2, 0.25) is 5.02 Å². The lowest BCUT2D eigenvalue weighted by atomic mass is 10.0. The first-order valence-corrected chi connectivity index (χ1v) is 5.98. The minimum absolute atomic E-state index is 0.0965. The molecule has 0 atom stereocenters. The molecule has 0 aliphatic carbocycles. The van der Waals surface area contributed by atoms with Crippen molar-refractivity contribution in [2.24, 2.45) is 0 Å². The summed E-state index contributed by atoms with van der Waals surface area (Å²) in [6.07, 6.45) is 1.56. The number of benzene rings is 2. The quantitative estimate of drug-likeness (QED) is 0.753. The highest BCUT2D eigenvalue weighted by Crippen LogP contribution is 2.22. The Hall–Kier alpha value is -2.55. The number of hydrogen-bond acceptors (Lipinski definition) is 2. The molecule has 0 saturated carbocycles. The molecular formula is C16H9ClN2. The summed E-state index contributed by atoms with van der Waals surface area (Å²) in [4.78, 5) is 0. The Morgan fingerprint density at radius 3 is 1.79 bits per heavy atom. The second-order valence-electron chi connectivity index (χ2n) is 3.91. The molecule has 0 fully saturated rings. The SMILES string of the molecule is N#CC(C#N)=Cc1ccc(-c2ccc(Cl)cc2)cc1. The van der Waals surface area contributed by atoms with Gasteiger partial charge in [-0.15, -0.1) is 0 Å². The molecule has 3 heteroatoms. The van der Waals surface area contributed by atoms with Crippen LogP contribution < -0.4 is 0 Å². The Kier molecular flexibility index (Phi) is 3.98. The van der Waals surface area contributed by atoms with E-state index in [1.807, 2.05) is 60.7 Å². The van der Waals surface area contributed by atoms with Crippen LogP contribution >= 0.6 is 11.6 Å². The molecule has 0 aromatic heterocycles. The average Bonchev–Trinajstić information content (AvgIpc) is 2.46. The maximum absolute atomic E-state index is 8.69. The van der Waals surface area contributed by atoms with E-state index in [-0.39, 0.29) is 5.57 Å². The molecule has 19 heavy (non-hydrogen) atoms. The van der Waals surface area contributed by atoms with Crippen LogP contribution in [0.15, 0.2) is 54.1 Å². The van der Waals surface area contributed by atoms with Gasteiger partial charge in [0.1, 0.15) is 17.7 Å². The number of hydrogen-bond donors (Lipinski definition) is 0. The van der Waals surface area contributed by atoms with Crippen molar-refractivity contribution < 1.29 is 0 Å². The lowest BCUT2D eigenvalue weighted by Crippen LogP contribution is -1.79. The summed E-state index contributed by atoms with van der Waals surface area (Å²) < 4.78 is 0. The molecule has 0 heterocycles. The second kappa shape index (κ2) is 5.87. The molecule has 0 unspecified atom stereocenters. The molecule has 2 aromatic rings. The Balaban J connectivity index is 2.29. The van der Waals surface area contributed by atoms with Crippen LogP contribution in [0.4, 0.5) is 0 Å². The highest BCUT2D eigenvalue weighted by atomic mass is 35.5. The van der Waals surface area contributed by atoms with Crippen LogP contribution in [0, 0.1) is 22.7 Å². The summed E-state index contributed by atoms with van der Waals surface area (Å²) in [6, 6.07) is 18.9. The standard InChI is InChI=1S/C16H9ClN2/c17-16-7-5-15(6-8-16)14-3-1-12(2-4-14)9-13(10-18)11-19/h1-9H. The van der Waals surface area contributed by atoms with Gasteiger partial charge in [-0.2, -0.15) is 10.5 Å². The van der Waals surface area contributed by atoms with Crippen molar-refractivity contribution in [2.45, 2.75) is 0 Å². The first kappa shape index (κ1) is 12.9. The summed E-state index contributed by atoms with van der Waals surface area (Å²) in [5, 5.41) is 18.1. The highest BCUT2D eigenvalue weighted by Gasteiger charge is 1.98. The van der Waals surface area contributed by atoms with E-state index in [2.05, 4.69) is 0 Å². The largest absolute Gasteiger partial charge is 0.192 e. The van der Waals surface area contributed by atoms with Crippen molar-refractivity contribution in [1.29, 1.82) is 10.5 Å². The maximum atomic E-state index is 8.69. The predicted molar refractivity (Wildman–Crippen MR) is 76.1 cm³/mol. The molecule has 2 nitrogen and oxygen atoms in total. The van der Waals surface area contributed by atoms with Gasteiger partial charge in [0.15, 0.2) is 0 Å². The monoisotopic (exact) mass is 264 g/mol. The molecule has 90 valence electrons. The van der Waals surface area contributed by atoms with Crippen molar-refractivity contribution >= 4 is 17.7 Å². The van der Waals surface area contributed by atoms with Gasteiger partial charge < -0.3 is 0 Å². The van der Waals surface area contributed by atoms with E-state index in [0.29, 0.717) is 5.02 Å². The zero-order valence-electron chi connectivity index (χ0n) is 9.97. The number of rotatable bonds is 2. The van der Waals surface area contributed by atoms with Crippen molar-refractivity contribution in [3.05, 3.63) is 64.7 Å². The molecule has 0 spiro atoms. The van der Waals surface area contributed by atoms with Crippen LogP contribution in [0.25, 0.3) is 17.2 Å². The third kappa shape index (κ3) is 3.22. The summed E-state index contributed by atoms with van der Waals surface area (Å²) in [5.41, 5.74) is 3.06. The first-order valence-electron chi connectivity index (χ1n) is 5.61. The Morgan fingerprint density at radius 2 is 1.32 bits per heavy atom. The first-order chi connectivity index (χ1) is 9.22. The van der Waals surface area contributed by atoms with Crippen molar-refractivity contribution in [1.82, 2.24) is 0 Å². The topological polar surface area (TPSA) is 47.6 Å². The van der Waals surface area contributed by atoms with Crippen LogP contribution in [0.3, 0.4) is 0 Å².